The SMILES string of the molecule is CN1CCN(c2nc(CCCN3CCOCC3)cc(=O)[nH]2)CC1. The minimum Gasteiger partial charge on any atom is -0.379 e. The molecule has 1 aromatic rings. The van der Waals surface area contributed by atoms with Gasteiger partial charge < -0.3 is 14.5 Å². The van der Waals surface area contributed by atoms with Gasteiger partial charge in [0.25, 0.3) is 5.56 Å². The van der Waals surface area contributed by atoms with Gasteiger partial charge in [-0.3, -0.25) is 14.7 Å². The van der Waals surface area contributed by atoms with Crippen LogP contribution in [0.3, 0.4) is 0 Å². The average Bonchev–Trinajstić information content (AvgIpc) is 2.56. The van der Waals surface area contributed by atoms with Crippen molar-refractivity contribution < 1.29 is 4.74 Å². The highest BCUT2D eigenvalue weighted by Crippen LogP contribution is 2.10. The van der Waals surface area contributed by atoms with E-state index in [9.17, 15) is 4.79 Å². The third kappa shape index (κ3) is 4.76. The first-order chi connectivity index (χ1) is 11.2. The number of hydrogen-bond acceptors (Lipinski definition) is 6. The maximum atomic E-state index is 11.9. The Hall–Kier alpha value is -1.44. The quantitative estimate of drug-likeness (QED) is 0.809. The summed E-state index contributed by atoms with van der Waals surface area (Å²) in [6, 6.07) is 1.64. The van der Waals surface area contributed by atoms with Gasteiger partial charge in [0.2, 0.25) is 5.95 Å². The second-order valence-electron chi connectivity index (χ2n) is 6.41. The Kier molecular flexibility index (Phi) is 5.64. The smallest absolute Gasteiger partial charge is 0.252 e. The Morgan fingerprint density at radius 3 is 2.65 bits per heavy atom. The Morgan fingerprint density at radius 1 is 1.17 bits per heavy atom. The summed E-state index contributed by atoms with van der Waals surface area (Å²) in [6.45, 7) is 8.56. The Morgan fingerprint density at radius 2 is 1.91 bits per heavy atom. The molecule has 3 rings (SSSR count). The minimum absolute atomic E-state index is 0.0460. The molecular formula is C16H27N5O2. The fourth-order valence-corrected chi connectivity index (χ4v) is 3.10. The van der Waals surface area contributed by atoms with E-state index >= 15 is 0 Å². The van der Waals surface area contributed by atoms with Crippen LogP contribution >= 0.6 is 0 Å². The van der Waals surface area contributed by atoms with E-state index in [1.807, 2.05) is 0 Å². The summed E-state index contributed by atoms with van der Waals surface area (Å²) in [5.41, 5.74) is 0.853. The summed E-state index contributed by atoms with van der Waals surface area (Å²) in [4.78, 5) is 26.4. The van der Waals surface area contributed by atoms with Gasteiger partial charge in [0.15, 0.2) is 0 Å². The van der Waals surface area contributed by atoms with Gasteiger partial charge in [0.05, 0.1) is 13.2 Å². The van der Waals surface area contributed by atoms with Gasteiger partial charge in [-0.15, -0.1) is 0 Å². The van der Waals surface area contributed by atoms with Crippen LogP contribution in [0.5, 0.6) is 0 Å². The third-order valence-electron chi connectivity index (χ3n) is 4.60. The zero-order valence-electron chi connectivity index (χ0n) is 14.0. The number of hydrogen-bond donors (Lipinski definition) is 1. The van der Waals surface area contributed by atoms with Crippen LogP contribution in [0, 0.1) is 0 Å². The standard InChI is InChI=1S/C16H27N5O2/c1-19-5-7-21(8-6-19)16-17-14(13-15(22)18-16)3-2-4-20-9-11-23-12-10-20/h13H,2-12H2,1H3,(H,17,18,22). The number of piperazine rings is 1. The van der Waals surface area contributed by atoms with Gasteiger partial charge in [0.1, 0.15) is 0 Å². The van der Waals surface area contributed by atoms with E-state index < -0.39 is 0 Å². The van der Waals surface area contributed by atoms with Crippen molar-refractivity contribution >= 4 is 5.95 Å². The molecule has 2 aliphatic heterocycles. The van der Waals surface area contributed by atoms with E-state index in [-0.39, 0.29) is 5.56 Å². The molecule has 7 heteroatoms. The number of likely N-dealkylation sites (N-methyl/N-ethyl adjacent to an activating group) is 1. The largest absolute Gasteiger partial charge is 0.379 e. The van der Waals surface area contributed by atoms with Crippen LogP contribution in [0.25, 0.3) is 0 Å². The van der Waals surface area contributed by atoms with Gasteiger partial charge in [-0.05, 0) is 26.4 Å². The van der Waals surface area contributed by atoms with E-state index in [4.69, 9.17) is 4.74 Å². The van der Waals surface area contributed by atoms with Crippen LogP contribution in [0.2, 0.25) is 0 Å². The van der Waals surface area contributed by atoms with Gasteiger partial charge >= 0.3 is 0 Å². The number of anilines is 1. The van der Waals surface area contributed by atoms with Crippen molar-refractivity contribution in [1.29, 1.82) is 0 Å². The van der Waals surface area contributed by atoms with Crippen molar-refractivity contribution in [3.63, 3.8) is 0 Å². The average molecular weight is 321 g/mol. The Labute approximate surface area is 137 Å². The lowest BCUT2D eigenvalue weighted by Crippen LogP contribution is -2.45. The summed E-state index contributed by atoms with van der Waals surface area (Å²) < 4.78 is 5.36. The summed E-state index contributed by atoms with van der Waals surface area (Å²) >= 11 is 0. The van der Waals surface area contributed by atoms with E-state index in [0.717, 1.165) is 83.5 Å². The predicted molar refractivity (Wildman–Crippen MR) is 90.1 cm³/mol. The van der Waals surface area contributed by atoms with Gasteiger partial charge in [-0.25, -0.2) is 4.98 Å². The number of aromatic nitrogens is 2. The number of nitrogens with zero attached hydrogens (tertiary/aromatic N) is 4. The first kappa shape index (κ1) is 16.4. The number of aromatic amines is 1. The van der Waals surface area contributed by atoms with Crippen LogP contribution in [0.1, 0.15) is 12.1 Å². The second-order valence-corrected chi connectivity index (χ2v) is 6.41. The van der Waals surface area contributed by atoms with Crippen LogP contribution in [-0.2, 0) is 11.2 Å². The Balaban J connectivity index is 1.55. The van der Waals surface area contributed by atoms with Crippen molar-refractivity contribution in [3.05, 3.63) is 22.1 Å². The Bertz CT molecular complexity index is 548. The highest BCUT2D eigenvalue weighted by molar-refractivity contribution is 5.31. The van der Waals surface area contributed by atoms with Crippen molar-refractivity contribution in [2.75, 3.05) is 71.0 Å². The molecular weight excluding hydrogens is 294 g/mol. The number of aryl methyl sites for hydroxylation is 1. The topological polar surface area (TPSA) is 64.7 Å². The summed E-state index contributed by atoms with van der Waals surface area (Å²) in [5, 5.41) is 0. The molecule has 0 aromatic carbocycles. The van der Waals surface area contributed by atoms with Gasteiger partial charge in [-0.1, -0.05) is 0 Å². The molecule has 128 valence electrons. The molecule has 0 radical (unpaired) electrons. The monoisotopic (exact) mass is 321 g/mol. The lowest BCUT2D eigenvalue weighted by atomic mass is 10.2. The number of rotatable bonds is 5. The number of nitrogens with one attached hydrogen (secondary N) is 1. The van der Waals surface area contributed by atoms with Crippen molar-refractivity contribution in [3.8, 4) is 0 Å². The molecule has 0 atom stereocenters. The predicted octanol–water partition coefficient (Wildman–Crippen LogP) is -0.213. The molecule has 1 N–H and O–H groups in total. The fraction of sp³-hybridized carbons (Fsp3) is 0.750. The van der Waals surface area contributed by atoms with E-state index in [1.54, 1.807) is 6.07 Å². The zero-order valence-corrected chi connectivity index (χ0v) is 14.0. The fourth-order valence-electron chi connectivity index (χ4n) is 3.10. The molecule has 0 spiro atoms. The molecule has 23 heavy (non-hydrogen) atoms. The number of morpholine rings is 1. The van der Waals surface area contributed by atoms with Crippen molar-refractivity contribution in [2.24, 2.45) is 0 Å². The third-order valence-corrected chi connectivity index (χ3v) is 4.60. The molecule has 3 heterocycles. The molecule has 2 saturated heterocycles. The molecule has 0 saturated carbocycles. The van der Waals surface area contributed by atoms with Gasteiger partial charge in [-0.2, -0.15) is 0 Å². The summed E-state index contributed by atoms with van der Waals surface area (Å²) in [6.07, 6.45) is 1.88. The molecule has 2 fully saturated rings. The maximum Gasteiger partial charge on any atom is 0.252 e. The maximum absolute atomic E-state index is 11.9. The van der Waals surface area contributed by atoms with Crippen LogP contribution < -0.4 is 10.5 Å². The van der Waals surface area contributed by atoms with Crippen LogP contribution in [-0.4, -0.2) is 85.8 Å². The van der Waals surface area contributed by atoms with Crippen LogP contribution in [0.4, 0.5) is 5.95 Å². The zero-order chi connectivity index (χ0) is 16.1. The number of H-pyrrole nitrogens is 1. The van der Waals surface area contributed by atoms with E-state index in [2.05, 4.69) is 31.7 Å². The van der Waals surface area contributed by atoms with Crippen molar-refractivity contribution in [2.45, 2.75) is 12.8 Å². The lowest BCUT2D eigenvalue weighted by Gasteiger charge is -2.32. The second kappa shape index (κ2) is 7.90. The molecule has 1 aromatic heterocycles. The van der Waals surface area contributed by atoms with Crippen molar-refractivity contribution in [1.82, 2.24) is 19.8 Å². The highest BCUT2D eigenvalue weighted by Gasteiger charge is 2.17. The van der Waals surface area contributed by atoms with E-state index in [0.29, 0.717) is 0 Å². The number of ether oxygens (including phenoxy) is 1. The van der Waals surface area contributed by atoms with E-state index in [1.165, 1.54) is 0 Å². The lowest BCUT2D eigenvalue weighted by molar-refractivity contribution is 0.0374. The molecule has 0 bridgehead atoms. The molecule has 7 nitrogen and oxygen atoms in total. The normalized spacial score (nSPS) is 20.8. The molecule has 0 aliphatic carbocycles. The molecule has 0 unspecified atom stereocenters. The van der Waals surface area contributed by atoms with Crippen LogP contribution in [0.15, 0.2) is 10.9 Å². The first-order valence-corrected chi connectivity index (χ1v) is 8.54. The molecule has 2 aliphatic rings. The van der Waals surface area contributed by atoms with Gasteiger partial charge in [0, 0.05) is 51.0 Å². The summed E-state index contributed by atoms with van der Waals surface area (Å²) in [7, 11) is 2.12. The summed E-state index contributed by atoms with van der Waals surface area (Å²) in [5.74, 6) is 0.729. The molecule has 0 amide bonds. The highest BCUT2D eigenvalue weighted by atomic mass is 16.5. The minimum atomic E-state index is -0.0460. The first-order valence-electron chi connectivity index (χ1n) is 8.54.